The summed E-state index contributed by atoms with van der Waals surface area (Å²) >= 11 is 0. The third-order valence-corrected chi connectivity index (χ3v) is 3.15. The van der Waals surface area contributed by atoms with Gasteiger partial charge in [0.15, 0.2) is 0 Å². The molecule has 0 aromatic carbocycles. The molecule has 0 saturated heterocycles. The fraction of sp³-hybridized carbons (Fsp3) is 0.667. The fourth-order valence-corrected chi connectivity index (χ4v) is 2.00. The van der Waals surface area contributed by atoms with Gasteiger partial charge in [-0.1, -0.05) is 0 Å². The molecule has 0 fully saturated rings. The highest BCUT2D eigenvalue weighted by Crippen LogP contribution is 2.13. The highest BCUT2D eigenvalue weighted by Gasteiger charge is 2.14. The molecule has 1 atom stereocenters. The van der Waals surface area contributed by atoms with Crippen LogP contribution >= 0.6 is 10.7 Å². The molecular formula is C9H15ClN2O3S. The van der Waals surface area contributed by atoms with Crippen molar-refractivity contribution in [2.45, 2.75) is 44.4 Å². The van der Waals surface area contributed by atoms with Crippen LogP contribution in [0.1, 0.15) is 20.8 Å². The molecule has 0 saturated carbocycles. The van der Waals surface area contributed by atoms with Crippen LogP contribution in [-0.2, 0) is 20.3 Å². The zero-order chi connectivity index (χ0) is 12.3. The first-order valence-corrected chi connectivity index (χ1v) is 7.22. The number of ether oxygens (including phenoxy) is 1. The Morgan fingerprint density at radius 1 is 1.50 bits per heavy atom. The Kier molecular flexibility index (Phi) is 4.35. The minimum absolute atomic E-state index is 0.00548. The first-order valence-electron chi connectivity index (χ1n) is 4.91. The van der Waals surface area contributed by atoms with Crippen molar-refractivity contribution in [2.75, 3.05) is 0 Å². The second kappa shape index (κ2) is 5.16. The molecule has 0 unspecified atom stereocenters. The predicted molar refractivity (Wildman–Crippen MR) is 60.9 cm³/mol. The molecule has 5 nitrogen and oxygen atoms in total. The quantitative estimate of drug-likeness (QED) is 0.760. The summed E-state index contributed by atoms with van der Waals surface area (Å²) in [7, 11) is 1.49. The van der Waals surface area contributed by atoms with Crippen molar-refractivity contribution in [3.63, 3.8) is 0 Å². The maximum atomic E-state index is 11.0. The number of rotatable bonds is 5. The average molecular weight is 267 g/mol. The second-order valence-corrected chi connectivity index (χ2v) is 6.40. The minimum Gasteiger partial charge on any atom is -0.374 e. The van der Waals surface area contributed by atoms with Crippen molar-refractivity contribution in [2.24, 2.45) is 0 Å². The van der Waals surface area contributed by atoms with Crippen molar-refractivity contribution >= 4 is 19.7 Å². The van der Waals surface area contributed by atoms with Gasteiger partial charge in [0.1, 0.15) is 4.90 Å². The van der Waals surface area contributed by atoms with Crippen LogP contribution in [0.4, 0.5) is 0 Å². The minimum atomic E-state index is -3.69. The molecule has 1 heterocycles. The Balaban J connectivity index is 2.66. The molecule has 0 aliphatic heterocycles. The average Bonchev–Trinajstić information content (AvgIpc) is 2.49. The van der Waals surface area contributed by atoms with E-state index in [0.29, 0.717) is 6.54 Å². The van der Waals surface area contributed by atoms with Crippen LogP contribution in [-0.4, -0.2) is 30.4 Å². The topological polar surface area (TPSA) is 61.2 Å². The van der Waals surface area contributed by atoms with Gasteiger partial charge in [-0.25, -0.2) is 8.42 Å². The lowest BCUT2D eigenvalue weighted by Gasteiger charge is -2.15. The van der Waals surface area contributed by atoms with Gasteiger partial charge in [-0.15, -0.1) is 0 Å². The highest BCUT2D eigenvalue weighted by molar-refractivity contribution is 8.13. The van der Waals surface area contributed by atoms with Gasteiger partial charge >= 0.3 is 0 Å². The Hall–Kier alpha value is -0.590. The van der Waals surface area contributed by atoms with Gasteiger partial charge in [0, 0.05) is 16.9 Å². The zero-order valence-corrected chi connectivity index (χ0v) is 11.0. The van der Waals surface area contributed by atoms with Crippen molar-refractivity contribution < 1.29 is 13.2 Å². The standard InChI is InChI=1S/C9H15ClN2O3S/c1-7(2)15-8(3)5-12-6-9(4-11-12)16(10,13)14/h4,6-8H,5H2,1-3H3/t8-/m0/s1. The van der Waals surface area contributed by atoms with Gasteiger partial charge in [-0.3, -0.25) is 4.68 Å². The number of nitrogens with zero attached hydrogens (tertiary/aromatic N) is 2. The molecular weight excluding hydrogens is 252 g/mol. The Morgan fingerprint density at radius 3 is 2.56 bits per heavy atom. The van der Waals surface area contributed by atoms with Crippen molar-refractivity contribution in [3.8, 4) is 0 Å². The van der Waals surface area contributed by atoms with E-state index < -0.39 is 9.05 Å². The van der Waals surface area contributed by atoms with Crippen LogP contribution in [0.25, 0.3) is 0 Å². The summed E-state index contributed by atoms with van der Waals surface area (Å²) in [4.78, 5) is 0.00548. The van der Waals surface area contributed by atoms with Gasteiger partial charge < -0.3 is 4.74 Å². The number of aromatic nitrogens is 2. The molecule has 0 aliphatic rings. The molecule has 92 valence electrons. The Morgan fingerprint density at radius 2 is 2.12 bits per heavy atom. The maximum absolute atomic E-state index is 11.0. The van der Waals surface area contributed by atoms with E-state index in [-0.39, 0.29) is 17.1 Å². The molecule has 1 rings (SSSR count). The van der Waals surface area contributed by atoms with E-state index >= 15 is 0 Å². The summed E-state index contributed by atoms with van der Waals surface area (Å²) in [6.45, 7) is 6.27. The summed E-state index contributed by atoms with van der Waals surface area (Å²) < 4.78 is 29.0. The molecule has 1 aromatic rings. The highest BCUT2D eigenvalue weighted by atomic mass is 35.7. The SMILES string of the molecule is CC(C)O[C@@H](C)Cn1cc(S(=O)(=O)Cl)cn1. The lowest BCUT2D eigenvalue weighted by molar-refractivity contribution is 0.00780. The first-order chi connectivity index (χ1) is 7.29. The lowest BCUT2D eigenvalue weighted by atomic mass is 10.4. The number of hydrogen-bond acceptors (Lipinski definition) is 4. The second-order valence-electron chi connectivity index (χ2n) is 3.83. The van der Waals surface area contributed by atoms with Gasteiger partial charge in [0.05, 0.1) is 24.9 Å². The van der Waals surface area contributed by atoms with Gasteiger partial charge in [0.2, 0.25) is 0 Å². The largest absolute Gasteiger partial charge is 0.374 e. The lowest BCUT2D eigenvalue weighted by Crippen LogP contribution is -2.20. The fourth-order valence-electron chi connectivity index (χ4n) is 1.34. The van der Waals surface area contributed by atoms with E-state index in [9.17, 15) is 8.42 Å². The predicted octanol–water partition coefficient (Wildman–Crippen LogP) is 1.62. The zero-order valence-electron chi connectivity index (χ0n) is 9.42. The maximum Gasteiger partial charge on any atom is 0.264 e. The molecule has 0 spiro atoms. The smallest absolute Gasteiger partial charge is 0.264 e. The van der Waals surface area contributed by atoms with Crippen LogP contribution in [0.3, 0.4) is 0 Å². The molecule has 0 amide bonds. The van der Waals surface area contributed by atoms with E-state index in [1.54, 1.807) is 0 Å². The summed E-state index contributed by atoms with van der Waals surface area (Å²) in [5.74, 6) is 0. The molecule has 16 heavy (non-hydrogen) atoms. The van der Waals surface area contributed by atoms with Gasteiger partial charge in [0.25, 0.3) is 9.05 Å². The van der Waals surface area contributed by atoms with E-state index in [1.165, 1.54) is 17.1 Å². The monoisotopic (exact) mass is 266 g/mol. The Bertz CT molecular complexity index is 441. The van der Waals surface area contributed by atoms with Gasteiger partial charge in [-0.05, 0) is 20.8 Å². The van der Waals surface area contributed by atoms with E-state index in [4.69, 9.17) is 15.4 Å². The summed E-state index contributed by atoms with van der Waals surface area (Å²) in [6, 6.07) is 0. The van der Waals surface area contributed by atoms with Crippen LogP contribution < -0.4 is 0 Å². The van der Waals surface area contributed by atoms with Crippen LogP contribution in [0.5, 0.6) is 0 Å². The summed E-state index contributed by atoms with van der Waals surface area (Å²) in [5, 5.41) is 3.90. The van der Waals surface area contributed by atoms with Crippen LogP contribution in [0.2, 0.25) is 0 Å². The molecule has 1 aromatic heterocycles. The van der Waals surface area contributed by atoms with E-state index in [1.807, 2.05) is 20.8 Å². The number of halogens is 1. The number of hydrogen-bond donors (Lipinski definition) is 0. The summed E-state index contributed by atoms with van der Waals surface area (Å²) in [6.07, 6.45) is 2.71. The van der Waals surface area contributed by atoms with Crippen LogP contribution in [0.15, 0.2) is 17.3 Å². The molecule has 0 aliphatic carbocycles. The van der Waals surface area contributed by atoms with Crippen molar-refractivity contribution in [1.29, 1.82) is 0 Å². The molecule has 0 N–H and O–H groups in total. The van der Waals surface area contributed by atoms with Crippen molar-refractivity contribution in [1.82, 2.24) is 9.78 Å². The first kappa shape index (κ1) is 13.5. The molecule has 0 bridgehead atoms. The third kappa shape index (κ3) is 4.11. The Labute approximate surface area is 99.8 Å². The van der Waals surface area contributed by atoms with Gasteiger partial charge in [-0.2, -0.15) is 5.10 Å². The van der Waals surface area contributed by atoms with E-state index in [2.05, 4.69) is 5.10 Å². The summed E-state index contributed by atoms with van der Waals surface area (Å²) in [5.41, 5.74) is 0. The molecule has 0 radical (unpaired) electrons. The third-order valence-electron chi connectivity index (χ3n) is 1.84. The van der Waals surface area contributed by atoms with E-state index in [0.717, 1.165) is 0 Å². The van der Waals surface area contributed by atoms with Crippen LogP contribution in [0, 0.1) is 0 Å². The molecule has 7 heteroatoms. The normalized spacial score (nSPS) is 14.3. The van der Waals surface area contributed by atoms with Crippen molar-refractivity contribution in [3.05, 3.63) is 12.4 Å².